The zero-order valence-corrected chi connectivity index (χ0v) is 13.0. The average molecular weight is 308 g/mol. The first kappa shape index (κ1) is 15.6. The van der Waals surface area contributed by atoms with Gasteiger partial charge in [0.25, 0.3) is 0 Å². The second kappa shape index (κ2) is 7.27. The highest BCUT2D eigenvalue weighted by Gasteiger charge is 2.07. The molecule has 0 fully saturated rings. The van der Waals surface area contributed by atoms with Gasteiger partial charge in [-0.15, -0.1) is 0 Å². The topological polar surface area (TPSA) is 28.2 Å². The van der Waals surface area contributed by atoms with E-state index in [1.165, 1.54) is 6.07 Å². The quantitative estimate of drug-likeness (QED) is 0.861. The molecule has 0 aliphatic carbocycles. The molecule has 0 saturated carbocycles. The van der Waals surface area contributed by atoms with Crippen molar-refractivity contribution in [2.45, 2.75) is 20.4 Å². The van der Waals surface area contributed by atoms with E-state index in [9.17, 15) is 4.39 Å². The molecule has 0 amide bonds. The Morgan fingerprint density at radius 1 is 1.19 bits per heavy atom. The molecular weight excluding hydrogens is 289 g/mol. The summed E-state index contributed by atoms with van der Waals surface area (Å²) < 4.78 is 13.7. The number of pyridine rings is 1. The summed E-state index contributed by atoms with van der Waals surface area (Å²) in [5, 5.41) is 3.57. The third kappa shape index (κ3) is 3.85. The fraction of sp³-hybridized carbons (Fsp3) is 0.312. The summed E-state index contributed by atoms with van der Waals surface area (Å²) in [6.07, 6.45) is 1.75. The highest BCUT2D eigenvalue weighted by molar-refractivity contribution is 6.31. The van der Waals surface area contributed by atoms with Crippen molar-refractivity contribution in [3.8, 4) is 0 Å². The standard InChI is InChI=1S/C16H19ClFN3/c1-3-21(4-2)16-9-8-12(10-20-16)19-11-13-14(17)6-5-7-15(13)18/h5-10,19H,3-4,11H2,1-2H3. The molecule has 2 aromatic rings. The van der Waals surface area contributed by atoms with Crippen molar-refractivity contribution in [3.05, 3.63) is 52.9 Å². The summed E-state index contributed by atoms with van der Waals surface area (Å²) in [5.41, 5.74) is 1.30. The van der Waals surface area contributed by atoms with Crippen molar-refractivity contribution in [3.63, 3.8) is 0 Å². The van der Waals surface area contributed by atoms with Crippen LogP contribution in [-0.2, 0) is 6.54 Å². The minimum absolute atomic E-state index is 0.303. The lowest BCUT2D eigenvalue weighted by Gasteiger charge is -2.19. The Balaban J connectivity index is 2.04. The Kier molecular flexibility index (Phi) is 5.39. The van der Waals surface area contributed by atoms with Gasteiger partial charge in [0, 0.05) is 30.2 Å². The van der Waals surface area contributed by atoms with Crippen molar-refractivity contribution >= 4 is 23.1 Å². The molecule has 1 aromatic carbocycles. The maximum atomic E-state index is 13.7. The fourth-order valence-corrected chi connectivity index (χ4v) is 2.35. The van der Waals surface area contributed by atoms with Crippen LogP contribution in [0.25, 0.3) is 0 Å². The molecule has 1 N–H and O–H groups in total. The van der Waals surface area contributed by atoms with Crippen LogP contribution in [0.3, 0.4) is 0 Å². The number of hydrogen-bond acceptors (Lipinski definition) is 3. The molecule has 112 valence electrons. The van der Waals surface area contributed by atoms with Crippen molar-refractivity contribution in [1.82, 2.24) is 4.98 Å². The van der Waals surface area contributed by atoms with E-state index in [0.29, 0.717) is 17.1 Å². The molecule has 3 nitrogen and oxygen atoms in total. The molecule has 0 aliphatic heterocycles. The van der Waals surface area contributed by atoms with Gasteiger partial charge < -0.3 is 10.2 Å². The van der Waals surface area contributed by atoms with Crippen molar-refractivity contribution in [1.29, 1.82) is 0 Å². The first-order valence-corrected chi connectivity index (χ1v) is 7.41. The van der Waals surface area contributed by atoms with E-state index < -0.39 is 0 Å². The molecule has 2 rings (SSSR count). The van der Waals surface area contributed by atoms with Crippen LogP contribution < -0.4 is 10.2 Å². The third-order valence-corrected chi connectivity index (χ3v) is 3.72. The molecule has 1 aromatic heterocycles. The normalized spacial score (nSPS) is 10.5. The highest BCUT2D eigenvalue weighted by atomic mass is 35.5. The third-order valence-electron chi connectivity index (χ3n) is 3.37. The summed E-state index contributed by atoms with van der Waals surface area (Å²) in [4.78, 5) is 6.58. The van der Waals surface area contributed by atoms with Gasteiger partial charge in [-0.05, 0) is 38.1 Å². The van der Waals surface area contributed by atoms with Gasteiger partial charge in [0.1, 0.15) is 11.6 Å². The first-order chi connectivity index (χ1) is 10.2. The predicted octanol–water partition coefficient (Wildman–Crippen LogP) is 4.33. The maximum Gasteiger partial charge on any atom is 0.129 e. The Morgan fingerprint density at radius 3 is 2.52 bits per heavy atom. The van der Waals surface area contributed by atoms with E-state index in [-0.39, 0.29) is 5.82 Å². The van der Waals surface area contributed by atoms with Crippen LogP contribution in [0.5, 0.6) is 0 Å². The van der Waals surface area contributed by atoms with Crippen molar-refractivity contribution in [2.24, 2.45) is 0 Å². The smallest absolute Gasteiger partial charge is 0.129 e. The number of halogens is 2. The number of benzene rings is 1. The monoisotopic (exact) mass is 307 g/mol. The van der Waals surface area contributed by atoms with Gasteiger partial charge >= 0.3 is 0 Å². The SMILES string of the molecule is CCN(CC)c1ccc(NCc2c(F)cccc2Cl)cn1. The average Bonchev–Trinajstić information content (AvgIpc) is 2.49. The molecule has 0 unspecified atom stereocenters. The Hall–Kier alpha value is -1.81. The lowest BCUT2D eigenvalue weighted by molar-refractivity contribution is 0.613. The van der Waals surface area contributed by atoms with E-state index in [0.717, 1.165) is 24.6 Å². The number of aromatic nitrogens is 1. The number of anilines is 2. The van der Waals surface area contributed by atoms with Crippen LogP contribution in [-0.4, -0.2) is 18.1 Å². The lowest BCUT2D eigenvalue weighted by Crippen LogP contribution is -2.22. The van der Waals surface area contributed by atoms with Crippen molar-refractivity contribution < 1.29 is 4.39 Å². The molecular formula is C16H19ClFN3. The van der Waals surface area contributed by atoms with E-state index in [2.05, 4.69) is 29.0 Å². The van der Waals surface area contributed by atoms with Crippen LogP contribution in [0.2, 0.25) is 5.02 Å². The van der Waals surface area contributed by atoms with Gasteiger partial charge in [-0.25, -0.2) is 9.37 Å². The largest absolute Gasteiger partial charge is 0.380 e. The zero-order valence-electron chi connectivity index (χ0n) is 12.2. The van der Waals surface area contributed by atoms with Crippen LogP contribution >= 0.6 is 11.6 Å². The molecule has 21 heavy (non-hydrogen) atoms. The maximum absolute atomic E-state index is 13.7. The van der Waals surface area contributed by atoms with Gasteiger partial charge in [-0.2, -0.15) is 0 Å². The van der Waals surface area contributed by atoms with Gasteiger partial charge in [-0.3, -0.25) is 0 Å². The Bertz CT molecular complexity index is 562. The number of nitrogens with zero attached hydrogens (tertiary/aromatic N) is 2. The molecule has 1 heterocycles. The summed E-state index contributed by atoms with van der Waals surface area (Å²) >= 11 is 6.00. The van der Waals surface area contributed by atoms with E-state index in [1.807, 2.05) is 12.1 Å². The summed E-state index contributed by atoms with van der Waals surface area (Å²) in [5.74, 6) is 0.636. The highest BCUT2D eigenvalue weighted by Crippen LogP contribution is 2.21. The minimum Gasteiger partial charge on any atom is -0.380 e. The van der Waals surface area contributed by atoms with Gasteiger partial charge in [0.2, 0.25) is 0 Å². The van der Waals surface area contributed by atoms with Crippen molar-refractivity contribution in [2.75, 3.05) is 23.3 Å². The molecule has 0 saturated heterocycles. The summed E-state index contributed by atoms with van der Waals surface area (Å²) in [7, 11) is 0. The molecule has 0 bridgehead atoms. The van der Waals surface area contributed by atoms with Crippen LogP contribution in [0.1, 0.15) is 19.4 Å². The number of rotatable bonds is 6. The molecule has 0 aliphatic rings. The molecule has 0 radical (unpaired) electrons. The van der Waals surface area contributed by atoms with Crippen LogP contribution in [0.4, 0.5) is 15.9 Å². The lowest BCUT2D eigenvalue weighted by atomic mass is 10.2. The van der Waals surface area contributed by atoms with Gasteiger partial charge in [-0.1, -0.05) is 17.7 Å². The Morgan fingerprint density at radius 2 is 1.95 bits per heavy atom. The molecule has 0 spiro atoms. The predicted molar refractivity (Wildman–Crippen MR) is 86.5 cm³/mol. The van der Waals surface area contributed by atoms with E-state index in [1.54, 1.807) is 18.3 Å². The second-order valence-corrected chi connectivity index (χ2v) is 5.04. The fourth-order valence-electron chi connectivity index (χ4n) is 2.12. The van der Waals surface area contributed by atoms with Crippen LogP contribution in [0, 0.1) is 5.82 Å². The number of hydrogen-bond donors (Lipinski definition) is 1. The van der Waals surface area contributed by atoms with E-state index in [4.69, 9.17) is 11.6 Å². The number of nitrogens with one attached hydrogen (secondary N) is 1. The first-order valence-electron chi connectivity index (χ1n) is 7.03. The zero-order chi connectivity index (χ0) is 15.2. The molecule has 5 heteroatoms. The minimum atomic E-state index is -0.303. The summed E-state index contributed by atoms with van der Waals surface area (Å²) in [6.45, 7) is 6.36. The van der Waals surface area contributed by atoms with Gasteiger partial charge in [0.15, 0.2) is 0 Å². The van der Waals surface area contributed by atoms with Crippen LogP contribution in [0.15, 0.2) is 36.5 Å². The Labute approximate surface area is 129 Å². The molecule has 0 atom stereocenters. The summed E-state index contributed by atoms with van der Waals surface area (Å²) in [6, 6.07) is 8.59. The van der Waals surface area contributed by atoms with Gasteiger partial charge in [0.05, 0.1) is 11.9 Å². The van der Waals surface area contributed by atoms with E-state index >= 15 is 0 Å². The second-order valence-electron chi connectivity index (χ2n) is 4.63.